The molecule has 0 fully saturated rings. The zero-order valence-corrected chi connectivity index (χ0v) is 12.6. The first kappa shape index (κ1) is 11.3. The molecule has 17 heavy (non-hydrogen) atoms. The number of aromatic nitrogens is 1. The number of halogens is 2. The van der Waals surface area contributed by atoms with Crippen molar-refractivity contribution in [2.45, 2.75) is 0 Å². The van der Waals surface area contributed by atoms with Crippen molar-refractivity contribution in [3.05, 3.63) is 56.6 Å². The Morgan fingerprint density at radius 1 is 1.00 bits per heavy atom. The van der Waals surface area contributed by atoms with Gasteiger partial charge in [0.15, 0.2) is 0 Å². The van der Waals surface area contributed by atoms with Crippen LogP contribution in [0.25, 0.3) is 22.2 Å². The maximum atomic E-state index is 3.50. The Bertz CT molecular complexity index is 688. The van der Waals surface area contributed by atoms with Gasteiger partial charge in [0.1, 0.15) is 0 Å². The second-order valence-corrected chi connectivity index (χ2v) is 5.97. The average molecular weight is 398 g/mol. The lowest BCUT2D eigenvalue weighted by Gasteiger charge is -2.00. The lowest BCUT2D eigenvalue weighted by atomic mass is 10.1. The number of hydrogen-bond acceptors (Lipinski definition) is 0. The van der Waals surface area contributed by atoms with Crippen LogP contribution in [0.4, 0.5) is 0 Å². The van der Waals surface area contributed by atoms with Gasteiger partial charge in [-0.3, -0.25) is 0 Å². The Labute approximate surface area is 122 Å². The van der Waals surface area contributed by atoms with E-state index in [1.807, 2.05) is 0 Å². The summed E-state index contributed by atoms with van der Waals surface area (Å²) in [4.78, 5) is 3.45. The number of fused-ring (bicyclic) bond motifs is 1. The van der Waals surface area contributed by atoms with Gasteiger partial charge in [0.05, 0.1) is 0 Å². The molecule has 3 aromatic rings. The Balaban J connectivity index is 2.22. The molecule has 0 unspecified atom stereocenters. The van der Waals surface area contributed by atoms with Crippen LogP contribution in [-0.4, -0.2) is 4.98 Å². The standard InChI is InChI=1S/C14H9BrIN/c15-10-5-6-13-9(7-10)8-14(17-13)11-3-1-2-4-12(11)16/h1-8,17H. The predicted octanol–water partition coefficient (Wildman–Crippen LogP) is 5.20. The molecule has 0 saturated heterocycles. The van der Waals surface area contributed by atoms with Crippen molar-refractivity contribution in [3.8, 4) is 11.3 Å². The molecule has 0 aliphatic heterocycles. The lowest BCUT2D eigenvalue weighted by molar-refractivity contribution is 1.44. The van der Waals surface area contributed by atoms with Gasteiger partial charge in [-0.1, -0.05) is 34.1 Å². The van der Waals surface area contributed by atoms with Crippen molar-refractivity contribution in [2.24, 2.45) is 0 Å². The largest absolute Gasteiger partial charge is 0.354 e. The van der Waals surface area contributed by atoms with E-state index in [0.717, 1.165) is 4.47 Å². The van der Waals surface area contributed by atoms with Crippen molar-refractivity contribution in [2.75, 3.05) is 0 Å². The number of benzene rings is 2. The van der Waals surface area contributed by atoms with Crippen molar-refractivity contribution in [1.82, 2.24) is 4.98 Å². The third kappa shape index (κ3) is 2.13. The van der Waals surface area contributed by atoms with E-state index in [0.29, 0.717) is 0 Å². The first-order chi connectivity index (χ1) is 8.24. The van der Waals surface area contributed by atoms with Crippen LogP contribution >= 0.6 is 38.5 Å². The van der Waals surface area contributed by atoms with E-state index in [1.165, 1.54) is 25.7 Å². The Morgan fingerprint density at radius 3 is 2.65 bits per heavy atom. The smallest absolute Gasteiger partial charge is 0.0475 e. The van der Waals surface area contributed by atoms with E-state index in [-0.39, 0.29) is 0 Å². The quantitative estimate of drug-likeness (QED) is 0.543. The molecule has 1 nitrogen and oxygen atoms in total. The molecular formula is C14H9BrIN. The maximum Gasteiger partial charge on any atom is 0.0475 e. The summed E-state index contributed by atoms with van der Waals surface area (Å²) >= 11 is 5.86. The zero-order valence-electron chi connectivity index (χ0n) is 8.87. The topological polar surface area (TPSA) is 15.8 Å². The normalized spacial score (nSPS) is 10.9. The van der Waals surface area contributed by atoms with Crippen LogP contribution in [0.3, 0.4) is 0 Å². The van der Waals surface area contributed by atoms with E-state index >= 15 is 0 Å². The van der Waals surface area contributed by atoms with Crippen molar-refractivity contribution in [3.63, 3.8) is 0 Å². The van der Waals surface area contributed by atoms with Crippen LogP contribution < -0.4 is 0 Å². The summed E-state index contributed by atoms with van der Waals surface area (Å²) in [6, 6.07) is 16.9. The Hall–Kier alpha value is -0.810. The van der Waals surface area contributed by atoms with Gasteiger partial charge in [0.25, 0.3) is 0 Å². The second kappa shape index (κ2) is 4.46. The van der Waals surface area contributed by atoms with Crippen molar-refractivity contribution in [1.29, 1.82) is 0 Å². The number of H-pyrrole nitrogens is 1. The van der Waals surface area contributed by atoms with Crippen LogP contribution in [0.2, 0.25) is 0 Å². The van der Waals surface area contributed by atoms with Crippen molar-refractivity contribution >= 4 is 49.4 Å². The van der Waals surface area contributed by atoms with Crippen LogP contribution in [0.1, 0.15) is 0 Å². The van der Waals surface area contributed by atoms with Crippen LogP contribution in [0.15, 0.2) is 53.0 Å². The third-order valence-electron chi connectivity index (χ3n) is 2.75. The van der Waals surface area contributed by atoms with Gasteiger partial charge in [-0.05, 0) is 52.9 Å². The minimum Gasteiger partial charge on any atom is -0.354 e. The second-order valence-electron chi connectivity index (χ2n) is 3.89. The molecule has 3 heteroatoms. The summed E-state index contributed by atoms with van der Waals surface area (Å²) in [7, 11) is 0. The molecule has 3 rings (SSSR count). The fourth-order valence-corrected chi connectivity index (χ4v) is 2.98. The van der Waals surface area contributed by atoms with E-state index in [4.69, 9.17) is 0 Å². The number of hydrogen-bond donors (Lipinski definition) is 1. The molecule has 2 aromatic carbocycles. The van der Waals surface area contributed by atoms with Crippen LogP contribution in [-0.2, 0) is 0 Å². The number of nitrogens with one attached hydrogen (secondary N) is 1. The predicted molar refractivity (Wildman–Crippen MR) is 84.2 cm³/mol. The van der Waals surface area contributed by atoms with E-state index < -0.39 is 0 Å². The van der Waals surface area contributed by atoms with Gasteiger partial charge in [-0.15, -0.1) is 0 Å². The highest BCUT2D eigenvalue weighted by Crippen LogP contribution is 2.29. The molecule has 1 N–H and O–H groups in total. The zero-order chi connectivity index (χ0) is 11.8. The number of aromatic amines is 1. The maximum absolute atomic E-state index is 3.50. The fourth-order valence-electron chi connectivity index (χ4n) is 1.93. The van der Waals surface area contributed by atoms with E-state index in [2.05, 4.69) is 92.0 Å². The van der Waals surface area contributed by atoms with Gasteiger partial charge >= 0.3 is 0 Å². The fraction of sp³-hybridized carbons (Fsp3) is 0. The minimum atomic E-state index is 1.11. The third-order valence-corrected chi connectivity index (χ3v) is 4.18. The minimum absolute atomic E-state index is 1.11. The van der Waals surface area contributed by atoms with Gasteiger partial charge in [0.2, 0.25) is 0 Å². The van der Waals surface area contributed by atoms with Gasteiger partial charge < -0.3 is 4.98 Å². The van der Waals surface area contributed by atoms with Crippen molar-refractivity contribution < 1.29 is 0 Å². The molecule has 0 bridgehead atoms. The molecule has 0 radical (unpaired) electrons. The van der Waals surface area contributed by atoms with Gasteiger partial charge in [0, 0.05) is 30.2 Å². The van der Waals surface area contributed by atoms with Crippen LogP contribution in [0.5, 0.6) is 0 Å². The van der Waals surface area contributed by atoms with Gasteiger partial charge in [-0.2, -0.15) is 0 Å². The SMILES string of the molecule is Brc1ccc2[nH]c(-c3ccccc3I)cc2c1. The molecule has 84 valence electrons. The molecule has 1 heterocycles. The van der Waals surface area contributed by atoms with Crippen LogP contribution in [0, 0.1) is 3.57 Å². The summed E-state index contributed by atoms with van der Waals surface area (Å²) in [5, 5.41) is 1.23. The molecule has 1 aromatic heterocycles. The summed E-state index contributed by atoms with van der Waals surface area (Å²) in [6.45, 7) is 0. The summed E-state index contributed by atoms with van der Waals surface area (Å²) in [5.74, 6) is 0. The summed E-state index contributed by atoms with van der Waals surface area (Å²) in [5.41, 5.74) is 3.59. The summed E-state index contributed by atoms with van der Waals surface area (Å²) in [6.07, 6.45) is 0. The monoisotopic (exact) mass is 397 g/mol. The lowest BCUT2D eigenvalue weighted by Crippen LogP contribution is -1.80. The Kier molecular flexibility index (Phi) is 2.96. The molecule has 0 aliphatic carbocycles. The van der Waals surface area contributed by atoms with E-state index in [9.17, 15) is 0 Å². The average Bonchev–Trinajstić information content (AvgIpc) is 2.72. The van der Waals surface area contributed by atoms with Gasteiger partial charge in [-0.25, -0.2) is 0 Å². The highest BCUT2D eigenvalue weighted by Gasteiger charge is 2.06. The molecule has 0 amide bonds. The summed E-state index contributed by atoms with van der Waals surface area (Å²) < 4.78 is 2.37. The first-order valence-electron chi connectivity index (χ1n) is 5.27. The van der Waals surface area contributed by atoms with E-state index in [1.54, 1.807) is 0 Å². The molecule has 0 aliphatic rings. The molecule has 0 atom stereocenters. The first-order valence-corrected chi connectivity index (χ1v) is 7.14. The number of rotatable bonds is 1. The molecule has 0 saturated carbocycles. The molecule has 0 spiro atoms. The Morgan fingerprint density at radius 2 is 1.82 bits per heavy atom. The molecular weight excluding hydrogens is 389 g/mol. The highest BCUT2D eigenvalue weighted by atomic mass is 127. The highest BCUT2D eigenvalue weighted by molar-refractivity contribution is 14.1.